The molecule has 0 atom stereocenters. The largest absolute Gasteiger partial charge is 0.494 e. The molecule has 4 aromatic rings. The number of aromatic nitrogens is 2. The van der Waals surface area contributed by atoms with Crippen LogP contribution in [0.1, 0.15) is 50.7 Å². The first-order chi connectivity index (χ1) is 21.9. The van der Waals surface area contributed by atoms with Crippen molar-refractivity contribution in [3.8, 4) is 28.7 Å². The molecule has 0 aliphatic carbocycles. The lowest BCUT2D eigenvalue weighted by Crippen LogP contribution is -2.17. The molecule has 1 amide bonds. The number of amides is 1. The third-order valence-corrected chi connectivity index (χ3v) is 6.35. The predicted molar refractivity (Wildman–Crippen MR) is 184 cm³/mol. The third-order valence-electron chi connectivity index (χ3n) is 6.35. The highest BCUT2D eigenvalue weighted by Gasteiger charge is 2.21. The van der Waals surface area contributed by atoms with Crippen LogP contribution < -0.4 is 39.6 Å². The Morgan fingerprint density at radius 1 is 0.652 bits per heavy atom. The number of rotatable bonds is 16. The summed E-state index contributed by atoms with van der Waals surface area (Å²) in [5.74, 6) is 3.17. The number of carbonyl (C=O) groups excluding carboxylic acids is 1. The summed E-state index contributed by atoms with van der Waals surface area (Å²) in [6, 6.07) is 18.3. The van der Waals surface area contributed by atoms with Gasteiger partial charge in [-0.3, -0.25) is 4.79 Å². The fourth-order valence-electron chi connectivity index (χ4n) is 4.44. The smallest absolute Gasteiger partial charge is 0.256 e. The Kier molecular flexibility index (Phi) is 13.6. The number of ether oxygens (including phenoxy) is 5. The normalized spacial score (nSPS) is 10.3. The topological polar surface area (TPSA) is 125 Å². The van der Waals surface area contributed by atoms with Gasteiger partial charge in [-0.15, -0.1) is 12.4 Å². The summed E-state index contributed by atoms with van der Waals surface area (Å²) in [7, 11) is 0. The zero-order valence-corrected chi connectivity index (χ0v) is 27.9. The van der Waals surface area contributed by atoms with Crippen LogP contribution in [0.5, 0.6) is 28.7 Å². The number of carbonyl (C=O) groups is 1. The fourth-order valence-corrected chi connectivity index (χ4v) is 4.44. The summed E-state index contributed by atoms with van der Waals surface area (Å²) in [5.41, 5.74) is 2.81. The Hall–Kier alpha value is -4.90. The van der Waals surface area contributed by atoms with E-state index in [2.05, 4.69) is 20.9 Å². The van der Waals surface area contributed by atoms with Crippen molar-refractivity contribution in [1.29, 1.82) is 0 Å². The maximum Gasteiger partial charge on any atom is 0.256 e. The second kappa shape index (κ2) is 17.6. The van der Waals surface area contributed by atoms with Gasteiger partial charge in [0.05, 0.1) is 38.7 Å². The van der Waals surface area contributed by atoms with Crippen LogP contribution in [0.3, 0.4) is 0 Å². The molecule has 3 aromatic carbocycles. The van der Waals surface area contributed by atoms with Crippen molar-refractivity contribution in [2.75, 3.05) is 49.0 Å². The number of hydrogen-bond acceptors (Lipinski definition) is 10. The van der Waals surface area contributed by atoms with Crippen molar-refractivity contribution < 1.29 is 28.5 Å². The van der Waals surface area contributed by atoms with Gasteiger partial charge < -0.3 is 39.6 Å². The Labute approximate surface area is 276 Å². The lowest BCUT2D eigenvalue weighted by molar-refractivity contribution is 0.102. The van der Waals surface area contributed by atoms with Gasteiger partial charge >= 0.3 is 0 Å². The first-order valence-electron chi connectivity index (χ1n) is 15.1. The van der Waals surface area contributed by atoms with E-state index in [1.165, 1.54) is 0 Å². The number of nitrogens with one attached hydrogen (secondary N) is 3. The molecule has 3 N–H and O–H groups in total. The summed E-state index contributed by atoms with van der Waals surface area (Å²) in [6.45, 7) is 13.6. The highest BCUT2D eigenvalue weighted by atomic mass is 35.5. The van der Waals surface area contributed by atoms with Crippen molar-refractivity contribution in [2.45, 2.75) is 41.5 Å². The lowest BCUT2D eigenvalue weighted by Gasteiger charge is -2.19. The maximum atomic E-state index is 13.7. The van der Waals surface area contributed by atoms with E-state index in [0.717, 1.165) is 22.9 Å². The fraction of sp³-hybridized carbons (Fsp3) is 0.324. The zero-order chi connectivity index (χ0) is 32.2. The van der Waals surface area contributed by atoms with Gasteiger partial charge in [0, 0.05) is 16.9 Å². The Morgan fingerprint density at radius 3 is 1.61 bits per heavy atom. The maximum absolute atomic E-state index is 13.7. The SMILES string of the molecule is CCOc1ccc(Nc2nc(C)c(NC(=O)c3cc(OCC)c(OCC)c(OCC)c3)c(Nc3ccc(OCC)cc3)n2)cc1.Cl. The summed E-state index contributed by atoms with van der Waals surface area (Å²) < 4.78 is 28.6. The molecule has 0 fully saturated rings. The second-order valence-corrected chi connectivity index (χ2v) is 9.58. The van der Waals surface area contributed by atoms with Gasteiger partial charge in [0.2, 0.25) is 11.7 Å². The van der Waals surface area contributed by atoms with Crippen LogP contribution in [0.15, 0.2) is 60.7 Å². The molecule has 0 spiro atoms. The van der Waals surface area contributed by atoms with Crippen LogP contribution in [-0.2, 0) is 0 Å². The number of nitrogens with zero attached hydrogens (tertiary/aromatic N) is 2. The first-order valence-corrected chi connectivity index (χ1v) is 15.1. The molecular weight excluding hydrogens is 610 g/mol. The Balaban J connectivity index is 0.00000576. The van der Waals surface area contributed by atoms with Crippen LogP contribution in [0, 0.1) is 6.92 Å². The molecule has 246 valence electrons. The van der Waals surface area contributed by atoms with Gasteiger partial charge in [0.1, 0.15) is 17.2 Å². The molecule has 0 radical (unpaired) electrons. The molecule has 1 aromatic heterocycles. The molecule has 0 bridgehead atoms. The molecule has 12 heteroatoms. The number of aryl methyl sites for hydroxylation is 1. The third kappa shape index (κ3) is 9.31. The molecule has 0 saturated heterocycles. The first kappa shape index (κ1) is 35.6. The molecule has 0 saturated carbocycles. The molecular formula is C34H42ClN5O6. The quantitative estimate of drug-likeness (QED) is 0.110. The average molecular weight is 652 g/mol. The minimum atomic E-state index is -0.395. The van der Waals surface area contributed by atoms with Gasteiger partial charge in [-0.2, -0.15) is 4.98 Å². The van der Waals surface area contributed by atoms with Crippen molar-refractivity contribution in [2.24, 2.45) is 0 Å². The average Bonchev–Trinajstić information content (AvgIpc) is 3.02. The van der Waals surface area contributed by atoms with E-state index in [0.29, 0.717) is 79.0 Å². The van der Waals surface area contributed by atoms with Crippen LogP contribution >= 0.6 is 12.4 Å². The van der Waals surface area contributed by atoms with E-state index in [1.807, 2.05) is 83.1 Å². The molecule has 4 rings (SSSR count). The highest BCUT2D eigenvalue weighted by Crippen LogP contribution is 2.40. The summed E-state index contributed by atoms with van der Waals surface area (Å²) in [6.07, 6.45) is 0. The van der Waals surface area contributed by atoms with Crippen molar-refractivity contribution in [1.82, 2.24) is 9.97 Å². The van der Waals surface area contributed by atoms with Crippen LogP contribution in [0.25, 0.3) is 0 Å². The van der Waals surface area contributed by atoms with Gasteiger partial charge in [-0.25, -0.2) is 4.98 Å². The minimum absolute atomic E-state index is 0. The van der Waals surface area contributed by atoms with Crippen molar-refractivity contribution in [3.63, 3.8) is 0 Å². The van der Waals surface area contributed by atoms with Crippen LogP contribution in [-0.4, -0.2) is 48.9 Å². The van der Waals surface area contributed by atoms with E-state index in [1.54, 1.807) is 19.1 Å². The van der Waals surface area contributed by atoms with Gasteiger partial charge in [0.15, 0.2) is 17.3 Å². The van der Waals surface area contributed by atoms with Crippen LogP contribution in [0.4, 0.5) is 28.8 Å². The van der Waals surface area contributed by atoms with E-state index >= 15 is 0 Å². The minimum Gasteiger partial charge on any atom is -0.494 e. The van der Waals surface area contributed by atoms with Crippen molar-refractivity contribution >= 4 is 47.1 Å². The summed E-state index contributed by atoms with van der Waals surface area (Å²) in [5, 5.41) is 9.57. The second-order valence-electron chi connectivity index (χ2n) is 9.58. The standard InChI is InChI=1S/C34H41N5O6.ClH/c1-7-41-26-16-12-24(13-17-26)36-32-30(22(6)35-34(39-32)37-25-14-18-27(19-15-25)42-8-2)38-33(40)23-20-28(43-9-3)31(45-11-5)29(21-23)44-10-4;/h12-21H,7-11H2,1-6H3,(H,38,40)(H2,35,36,37,39);1H. The lowest BCUT2D eigenvalue weighted by atomic mass is 10.1. The zero-order valence-electron chi connectivity index (χ0n) is 27.1. The molecule has 46 heavy (non-hydrogen) atoms. The van der Waals surface area contributed by atoms with Crippen LogP contribution in [0.2, 0.25) is 0 Å². The number of benzene rings is 3. The summed E-state index contributed by atoms with van der Waals surface area (Å²) in [4.78, 5) is 23.1. The number of anilines is 5. The van der Waals surface area contributed by atoms with Gasteiger partial charge in [-0.05, 0) is 102 Å². The highest BCUT2D eigenvalue weighted by molar-refractivity contribution is 6.07. The van der Waals surface area contributed by atoms with Crippen molar-refractivity contribution in [3.05, 3.63) is 71.9 Å². The summed E-state index contributed by atoms with van der Waals surface area (Å²) >= 11 is 0. The molecule has 0 aliphatic heterocycles. The Bertz CT molecular complexity index is 1540. The van der Waals surface area contributed by atoms with E-state index in [4.69, 9.17) is 28.7 Å². The van der Waals surface area contributed by atoms with E-state index in [9.17, 15) is 4.79 Å². The molecule has 0 unspecified atom stereocenters. The Morgan fingerprint density at radius 2 is 1.13 bits per heavy atom. The van der Waals surface area contributed by atoms with Gasteiger partial charge in [0.25, 0.3) is 5.91 Å². The number of halogens is 1. The molecule has 1 heterocycles. The monoisotopic (exact) mass is 651 g/mol. The molecule has 11 nitrogen and oxygen atoms in total. The predicted octanol–water partition coefficient (Wildman–Crippen LogP) is 7.94. The molecule has 0 aliphatic rings. The van der Waals surface area contributed by atoms with E-state index in [-0.39, 0.29) is 12.4 Å². The van der Waals surface area contributed by atoms with E-state index < -0.39 is 5.91 Å². The van der Waals surface area contributed by atoms with Gasteiger partial charge in [-0.1, -0.05) is 0 Å². The number of hydrogen-bond donors (Lipinski definition) is 3.